The lowest BCUT2D eigenvalue weighted by atomic mass is 10.1. The number of aromatic hydroxyl groups is 1. The maximum atomic E-state index is 11.4. The van der Waals surface area contributed by atoms with E-state index in [1.54, 1.807) is 6.07 Å². The van der Waals surface area contributed by atoms with Gasteiger partial charge in [0.05, 0.1) is 20.6 Å². The molecule has 1 rings (SSSR count). The molecule has 0 amide bonds. The Labute approximate surface area is 109 Å². The number of aliphatic carboxylic acids is 1. The van der Waals surface area contributed by atoms with Gasteiger partial charge in [0.1, 0.15) is 0 Å². The lowest BCUT2D eigenvalue weighted by Crippen LogP contribution is -2.09. The quantitative estimate of drug-likeness (QED) is 0.618. The van der Waals surface area contributed by atoms with Gasteiger partial charge in [0.15, 0.2) is 11.5 Å². The normalized spacial score (nSPS) is 10.9. The van der Waals surface area contributed by atoms with Crippen LogP contribution in [0.3, 0.4) is 0 Å². The van der Waals surface area contributed by atoms with Crippen molar-refractivity contribution in [2.24, 2.45) is 0 Å². The Kier molecular flexibility index (Phi) is 4.93. The van der Waals surface area contributed by atoms with Gasteiger partial charge in [-0.1, -0.05) is 6.07 Å². The van der Waals surface area contributed by atoms with Gasteiger partial charge in [-0.25, -0.2) is 4.79 Å². The van der Waals surface area contributed by atoms with Gasteiger partial charge in [0.2, 0.25) is 0 Å². The third-order valence-corrected chi connectivity index (χ3v) is 2.33. The van der Waals surface area contributed by atoms with Crippen LogP contribution in [0.25, 0.3) is 6.08 Å². The standard InChI is InChI=1S/C13H14O6/c1-18-11-4-3-8(6-10(11)14)5-9(7-12(15)16)13(17)19-2/h3-6,14H,7H2,1-2H3,(H,15,16)/b9-5-. The molecule has 0 aliphatic rings. The molecule has 6 nitrogen and oxygen atoms in total. The van der Waals surface area contributed by atoms with Crippen molar-refractivity contribution < 1.29 is 29.3 Å². The number of hydrogen-bond acceptors (Lipinski definition) is 5. The molecule has 1 aromatic carbocycles. The number of ether oxygens (including phenoxy) is 2. The van der Waals surface area contributed by atoms with Gasteiger partial charge in [0.25, 0.3) is 0 Å². The molecule has 0 radical (unpaired) electrons. The second-order valence-corrected chi connectivity index (χ2v) is 3.66. The third-order valence-electron chi connectivity index (χ3n) is 2.33. The molecule has 0 saturated heterocycles. The summed E-state index contributed by atoms with van der Waals surface area (Å²) in [5.41, 5.74) is 0.458. The van der Waals surface area contributed by atoms with Crippen LogP contribution in [0.15, 0.2) is 23.8 Å². The number of carbonyl (C=O) groups is 2. The molecule has 0 aliphatic heterocycles. The van der Waals surface area contributed by atoms with Crippen LogP contribution in [0.5, 0.6) is 11.5 Å². The fourth-order valence-electron chi connectivity index (χ4n) is 1.47. The van der Waals surface area contributed by atoms with Crippen molar-refractivity contribution >= 4 is 18.0 Å². The van der Waals surface area contributed by atoms with Crippen molar-refractivity contribution in [2.75, 3.05) is 14.2 Å². The summed E-state index contributed by atoms with van der Waals surface area (Å²) < 4.78 is 9.38. The number of carboxylic acid groups (broad SMARTS) is 1. The number of carboxylic acids is 1. The van der Waals surface area contributed by atoms with Crippen molar-refractivity contribution in [1.82, 2.24) is 0 Å². The lowest BCUT2D eigenvalue weighted by molar-refractivity contribution is -0.141. The Morgan fingerprint density at radius 1 is 1.32 bits per heavy atom. The summed E-state index contributed by atoms with van der Waals surface area (Å²) in [5, 5.41) is 18.3. The first-order chi connectivity index (χ1) is 8.97. The molecule has 0 spiro atoms. The number of rotatable bonds is 5. The van der Waals surface area contributed by atoms with E-state index in [0.717, 1.165) is 0 Å². The van der Waals surface area contributed by atoms with Crippen molar-refractivity contribution in [3.63, 3.8) is 0 Å². The number of esters is 1. The van der Waals surface area contributed by atoms with Crippen molar-refractivity contribution in [1.29, 1.82) is 0 Å². The minimum Gasteiger partial charge on any atom is -0.504 e. The van der Waals surface area contributed by atoms with E-state index < -0.39 is 18.4 Å². The van der Waals surface area contributed by atoms with E-state index in [0.29, 0.717) is 5.56 Å². The zero-order chi connectivity index (χ0) is 14.4. The van der Waals surface area contributed by atoms with Crippen LogP contribution in [0.4, 0.5) is 0 Å². The second-order valence-electron chi connectivity index (χ2n) is 3.66. The minimum absolute atomic E-state index is 0.0143. The average Bonchev–Trinajstić information content (AvgIpc) is 2.36. The van der Waals surface area contributed by atoms with Crippen LogP contribution in [-0.2, 0) is 14.3 Å². The van der Waals surface area contributed by atoms with Gasteiger partial charge in [-0.05, 0) is 23.8 Å². The van der Waals surface area contributed by atoms with Crippen LogP contribution in [0, 0.1) is 0 Å². The molecule has 6 heteroatoms. The van der Waals surface area contributed by atoms with Gasteiger partial charge in [-0.2, -0.15) is 0 Å². The molecule has 2 N–H and O–H groups in total. The Balaban J connectivity index is 3.10. The zero-order valence-corrected chi connectivity index (χ0v) is 10.5. The molecular weight excluding hydrogens is 252 g/mol. The highest BCUT2D eigenvalue weighted by Gasteiger charge is 2.14. The van der Waals surface area contributed by atoms with Crippen LogP contribution in [-0.4, -0.2) is 36.4 Å². The second kappa shape index (κ2) is 6.44. The summed E-state index contributed by atoms with van der Waals surface area (Å²) in [5.74, 6) is -1.68. The van der Waals surface area contributed by atoms with Crippen LogP contribution in [0.1, 0.15) is 12.0 Å². The van der Waals surface area contributed by atoms with E-state index in [4.69, 9.17) is 9.84 Å². The van der Waals surface area contributed by atoms with Gasteiger partial charge in [-0.15, -0.1) is 0 Å². The first-order valence-electron chi connectivity index (χ1n) is 5.35. The average molecular weight is 266 g/mol. The summed E-state index contributed by atoms with van der Waals surface area (Å²) in [6.45, 7) is 0. The van der Waals surface area contributed by atoms with E-state index >= 15 is 0 Å². The van der Waals surface area contributed by atoms with Crippen molar-refractivity contribution in [3.8, 4) is 11.5 Å². The largest absolute Gasteiger partial charge is 0.504 e. The highest BCUT2D eigenvalue weighted by molar-refractivity contribution is 5.97. The molecule has 1 aromatic rings. The number of carbonyl (C=O) groups excluding carboxylic acids is 1. The van der Waals surface area contributed by atoms with E-state index in [-0.39, 0.29) is 17.1 Å². The number of benzene rings is 1. The molecule has 0 aromatic heterocycles. The van der Waals surface area contributed by atoms with Crippen LogP contribution < -0.4 is 4.74 Å². The number of phenolic OH excluding ortho intramolecular Hbond substituents is 1. The number of methoxy groups -OCH3 is 2. The van der Waals surface area contributed by atoms with Crippen LogP contribution >= 0.6 is 0 Å². The molecular formula is C13H14O6. The summed E-state index contributed by atoms with van der Waals surface area (Å²) in [4.78, 5) is 22.1. The first kappa shape index (κ1) is 14.6. The molecule has 19 heavy (non-hydrogen) atoms. The zero-order valence-electron chi connectivity index (χ0n) is 10.5. The topological polar surface area (TPSA) is 93.1 Å². The van der Waals surface area contributed by atoms with Crippen LogP contribution in [0.2, 0.25) is 0 Å². The molecule has 0 bridgehead atoms. The Morgan fingerprint density at radius 2 is 2.00 bits per heavy atom. The monoisotopic (exact) mass is 266 g/mol. The predicted octanol–water partition coefficient (Wildman–Crippen LogP) is 1.43. The maximum absolute atomic E-state index is 11.4. The highest BCUT2D eigenvalue weighted by atomic mass is 16.5. The van der Waals surface area contributed by atoms with Gasteiger partial charge < -0.3 is 19.7 Å². The summed E-state index contributed by atoms with van der Waals surface area (Å²) >= 11 is 0. The fourth-order valence-corrected chi connectivity index (χ4v) is 1.47. The molecule has 0 heterocycles. The molecule has 0 unspecified atom stereocenters. The summed E-state index contributed by atoms with van der Waals surface area (Å²) in [6, 6.07) is 4.46. The Bertz CT molecular complexity index is 518. The SMILES string of the molecule is COC(=O)/C(=C\c1ccc(OC)c(O)c1)CC(=O)O. The van der Waals surface area contributed by atoms with E-state index in [1.807, 2.05) is 0 Å². The summed E-state index contributed by atoms with van der Waals surface area (Å²) in [7, 11) is 2.58. The van der Waals surface area contributed by atoms with Gasteiger partial charge in [-0.3, -0.25) is 4.79 Å². The lowest BCUT2D eigenvalue weighted by Gasteiger charge is -2.05. The fraction of sp³-hybridized carbons (Fsp3) is 0.231. The highest BCUT2D eigenvalue weighted by Crippen LogP contribution is 2.27. The molecule has 0 atom stereocenters. The number of phenols is 1. The number of hydrogen-bond donors (Lipinski definition) is 2. The van der Waals surface area contributed by atoms with Crippen molar-refractivity contribution in [3.05, 3.63) is 29.3 Å². The third kappa shape index (κ3) is 4.02. The van der Waals surface area contributed by atoms with Gasteiger partial charge >= 0.3 is 11.9 Å². The maximum Gasteiger partial charge on any atom is 0.334 e. The smallest absolute Gasteiger partial charge is 0.334 e. The van der Waals surface area contributed by atoms with E-state index in [1.165, 1.54) is 32.4 Å². The Hall–Kier alpha value is -2.50. The van der Waals surface area contributed by atoms with E-state index in [2.05, 4.69) is 4.74 Å². The predicted molar refractivity (Wildman–Crippen MR) is 66.9 cm³/mol. The first-order valence-corrected chi connectivity index (χ1v) is 5.35. The van der Waals surface area contributed by atoms with Crippen molar-refractivity contribution in [2.45, 2.75) is 6.42 Å². The van der Waals surface area contributed by atoms with E-state index in [9.17, 15) is 14.7 Å². The molecule has 0 aliphatic carbocycles. The molecule has 102 valence electrons. The molecule has 0 fully saturated rings. The Morgan fingerprint density at radius 3 is 2.47 bits per heavy atom. The molecule has 0 saturated carbocycles. The minimum atomic E-state index is -1.14. The van der Waals surface area contributed by atoms with Gasteiger partial charge in [0, 0.05) is 5.57 Å². The summed E-state index contributed by atoms with van der Waals surface area (Å²) in [6.07, 6.45) is 0.887.